The Balaban J connectivity index is 1.92. The summed E-state index contributed by atoms with van der Waals surface area (Å²) in [4.78, 5) is 15.0. The summed E-state index contributed by atoms with van der Waals surface area (Å²) in [6.45, 7) is 4.34. The Hall–Kier alpha value is -2.30. The SMILES string of the molecule is CCc1oc(C)nc1CCOc1cccc(CC(=O)O)c1. The first-order valence-corrected chi connectivity index (χ1v) is 6.97. The molecule has 0 aliphatic carbocycles. The van der Waals surface area contributed by atoms with E-state index in [-0.39, 0.29) is 6.42 Å². The first-order valence-electron chi connectivity index (χ1n) is 6.97. The highest BCUT2D eigenvalue weighted by molar-refractivity contribution is 5.70. The molecule has 5 nitrogen and oxygen atoms in total. The second kappa shape index (κ2) is 6.92. The van der Waals surface area contributed by atoms with E-state index in [2.05, 4.69) is 4.98 Å². The van der Waals surface area contributed by atoms with Crippen LogP contribution in [0.1, 0.15) is 29.8 Å². The monoisotopic (exact) mass is 289 g/mol. The van der Waals surface area contributed by atoms with Crippen LogP contribution in [0.3, 0.4) is 0 Å². The van der Waals surface area contributed by atoms with Gasteiger partial charge in [0.1, 0.15) is 11.5 Å². The Labute approximate surface area is 123 Å². The maximum absolute atomic E-state index is 10.7. The third kappa shape index (κ3) is 4.34. The predicted octanol–water partition coefficient (Wildman–Crippen LogP) is 2.79. The molecule has 0 fully saturated rings. The molecule has 0 radical (unpaired) electrons. The summed E-state index contributed by atoms with van der Waals surface area (Å²) in [6.07, 6.45) is 1.48. The van der Waals surface area contributed by atoms with Crippen molar-refractivity contribution in [2.75, 3.05) is 6.61 Å². The van der Waals surface area contributed by atoms with Gasteiger partial charge in [-0.3, -0.25) is 4.79 Å². The maximum Gasteiger partial charge on any atom is 0.307 e. The second-order valence-corrected chi connectivity index (χ2v) is 4.77. The number of ether oxygens (including phenoxy) is 1. The van der Waals surface area contributed by atoms with Gasteiger partial charge in [-0.1, -0.05) is 19.1 Å². The van der Waals surface area contributed by atoms with Gasteiger partial charge >= 0.3 is 5.97 Å². The van der Waals surface area contributed by atoms with Crippen LogP contribution in [0.4, 0.5) is 0 Å². The molecular formula is C16H19NO4. The standard InChI is InChI=1S/C16H19NO4/c1-3-15-14(17-11(2)21-15)7-8-20-13-6-4-5-12(9-13)10-16(18)19/h4-6,9H,3,7-8,10H2,1-2H3,(H,18,19). The number of carboxylic acid groups (broad SMARTS) is 1. The normalized spacial score (nSPS) is 10.6. The number of aromatic nitrogens is 1. The van der Waals surface area contributed by atoms with Crippen molar-refractivity contribution in [2.24, 2.45) is 0 Å². The molecule has 1 N–H and O–H groups in total. The van der Waals surface area contributed by atoms with E-state index in [4.69, 9.17) is 14.3 Å². The Morgan fingerprint density at radius 1 is 1.43 bits per heavy atom. The van der Waals surface area contributed by atoms with Crippen LogP contribution in [-0.4, -0.2) is 22.7 Å². The summed E-state index contributed by atoms with van der Waals surface area (Å²) >= 11 is 0. The zero-order chi connectivity index (χ0) is 15.2. The van der Waals surface area contributed by atoms with Crippen molar-refractivity contribution in [2.45, 2.75) is 33.1 Å². The summed E-state index contributed by atoms with van der Waals surface area (Å²) in [6, 6.07) is 7.14. The molecule has 0 bridgehead atoms. The molecule has 0 spiro atoms. The lowest BCUT2D eigenvalue weighted by Gasteiger charge is -2.07. The molecule has 1 heterocycles. The second-order valence-electron chi connectivity index (χ2n) is 4.77. The zero-order valence-corrected chi connectivity index (χ0v) is 12.3. The number of carboxylic acids is 1. The van der Waals surface area contributed by atoms with Gasteiger partial charge in [0, 0.05) is 19.8 Å². The van der Waals surface area contributed by atoms with Crippen LogP contribution >= 0.6 is 0 Å². The summed E-state index contributed by atoms with van der Waals surface area (Å²) in [5.41, 5.74) is 1.66. The van der Waals surface area contributed by atoms with Crippen molar-refractivity contribution in [1.82, 2.24) is 4.98 Å². The molecule has 112 valence electrons. The molecular weight excluding hydrogens is 270 g/mol. The van der Waals surface area contributed by atoms with E-state index in [0.717, 1.165) is 23.4 Å². The first kappa shape index (κ1) is 15.1. The van der Waals surface area contributed by atoms with Gasteiger partial charge in [-0.25, -0.2) is 4.98 Å². The van der Waals surface area contributed by atoms with Crippen molar-refractivity contribution >= 4 is 5.97 Å². The zero-order valence-electron chi connectivity index (χ0n) is 12.3. The molecule has 21 heavy (non-hydrogen) atoms. The molecule has 0 aliphatic rings. The van der Waals surface area contributed by atoms with Crippen molar-refractivity contribution < 1.29 is 19.1 Å². The summed E-state index contributed by atoms with van der Waals surface area (Å²) in [5, 5.41) is 8.78. The largest absolute Gasteiger partial charge is 0.493 e. The summed E-state index contributed by atoms with van der Waals surface area (Å²) in [5.74, 6) is 1.39. The molecule has 5 heteroatoms. The minimum Gasteiger partial charge on any atom is -0.493 e. The molecule has 1 aromatic carbocycles. The molecule has 0 saturated heterocycles. The molecule has 2 aromatic rings. The number of benzene rings is 1. The average Bonchev–Trinajstić information content (AvgIpc) is 2.79. The number of aliphatic carboxylic acids is 1. The lowest BCUT2D eigenvalue weighted by molar-refractivity contribution is -0.136. The summed E-state index contributed by atoms with van der Waals surface area (Å²) < 4.78 is 11.2. The van der Waals surface area contributed by atoms with Gasteiger partial charge in [0.2, 0.25) is 0 Å². The van der Waals surface area contributed by atoms with Gasteiger partial charge in [0.25, 0.3) is 0 Å². The minimum atomic E-state index is -0.849. The molecule has 0 saturated carbocycles. The number of hydrogen-bond donors (Lipinski definition) is 1. The average molecular weight is 289 g/mol. The summed E-state index contributed by atoms with van der Waals surface area (Å²) in [7, 11) is 0. The van der Waals surface area contributed by atoms with E-state index >= 15 is 0 Å². The van der Waals surface area contributed by atoms with Gasteiger partial charge in [0.15, 0.2) is 5.89 Å². The van der Waals surface area contributed by atoms with E-state index in [1.165, 1.54) is 0 Å². The van der Waals surface area contributed by atoms with Gasteiger partial charge in [-0.2, -0.15) is 0 Å². The van der Waals surface area contributed by atoms with Crippen LogP contribution in [0.2, 0.25) is 0 Å². The van der Waals surface area contributed by atoms with Crippen LogP contribution in [0.5, 0.6) is 5.75 Å². The molecule has 0 unspecified atom stereocenters. The smallest absolute Gasteiger partial charge is 0.307 e. The number of rotatable bonds is 7. The molecule has 1 aromatic heterocycles. The van der Waals surface area contributed by atoms with Gasteiger partial charge < -0.3 is 14.3 Å². The van der Waals surface area contributed by atoms with E-state index in [0.29, 0.717) is 24.7 Å². The number of oxazole rings is 1. The highest BCUT2D eigenvalue weighted by atomic mass is 16.5. The Morgan fingerprint density at radius 2 is 2.24 bits per heavy atom. The third-order valence-electron chi connectivity index (χ3n) is 3.07. The number of nitrogens with zero attached hydrogens (tertiary/aromatic N) is 1. The molecule has 0 amide bonds. The first-order chi connectivity index (χ1) is 10.1. The number of aryl methyl sites for hydroxylation is 2. The van der Waals surface area contributed by atoms with Crippen molar-refractivity contribution in [3.05, 3.63) is 47.2 Å². The molecule has 0 atom stereocenters. The van der Waals surface area contributed by atoms with Gasteiger partial charge in [-0.15, -0.1) is 0 Å². The lowest BCUT2D eigenvalue weighted by Crippen LogP contribution is -2.04. The van der Waals surface area contributed by atoms with Crippen molar-refractivity contribution in [3.63, 3.8) is 0 Å². The topological polar surface area (TPSA) is 72.6 Å². The molecule has 0 aliphatic heterocycles. The predicted molar refractivity (Wildman–Crippen MR) is 77.6 cm³/mol. The minimum absolute atomic E-state index is 0.000334. The van der Waals surface area contributed by atoms with Crippen LogP contribution in [0.25, 0.3) is 0 Å². The van der Waals surface area contributed by atoms with Crippen LogP contribution < -0.4 is 4.74 Å². The number of carbonyl (C=O) groups is 1. The third-order valence-corrected chi connectivity index (χ3v) is 3.07. The highest BCUT2D eigenvalue weighted by Crippen LogP contribution is 2.16. The fourth-order valence-corrected chi connectivity index (χ4v) is 2.17. The maximum atomic E-state index is 10.7. The van der Waals surface area contributed by atoms with E-state index < -0.39 is 5.97 Å². The van der Waals surface area contributed by atoms with E-state index in [1.54, 1.807) is 18.2 Å². The Bertz CT molecular complexity index is 618. The van der Waals surface area contributed by atoms with Crippen LogP contribution in [-0.2, 0) is 24.1 Å². The Morgan fingerprint density at radius 3 is 2.95 bits per heavy atom. The van der Waals surface area contributed by atoms with E-state index in [1.807, 2.05) is 19.9 Å². The Kier molecular flexibility index (Phi) is 4.98. The molecule has 2 rings (SSSR count). The van der Waals surface area contributed by atoms with Gasteiger partial charge in [0.05, 0.1) is 18.7 Å². The fourth-order valence-electron chi connectivity index (χ4n) is 2.17. The lowest BCUT2D eigenvalue weighted by atomic mass is 10.1. The van der Waals surface area contributed by atoms with E-state index in [9.17, 15) is 4.79 Å². The van der Waals surface area contributed by atoms with Crippen LogP contribution in [0.15, 0.2) is 28.7 Å². The van der Waals surface area contributed by atoms with Crippen molar-refractivity contribution in [3.8, 4) is 5.75 Å². The fraction of sp³-hybridized carbons (Fsp3) is 0.375. The van der Waals surface area contributed by atoms with Crippen molar-refractivity contribution in [1.29, 1.82) is 0 Å². The quantitative estimate of drug-likeness (QED) is 0.848. The van der Waals surface area contributed by atoms with Crippen LogP contribution in [0, 0.1) is 6.92 Å². The highest BCUT2D eigenvalue weighted by Gasteiger charge is 2.09. The number of hydrogen-bond acceptors (Lipinski definition) is 4. The van der Waals surface area contributed by atoms with Gasteiger partial charge in [-0.05, 0) is 17.7 Å².